The van der Waals surface area contributed by atoms with Gasteiger partial charge in [0.05, 0.1) is 23.6 Å². The first-order valence-corrected chi connectivity index (χ1v) is 10.3. The van der Waals surface area contributed by atoms with Gasteiger partial charge >= 0.3 is 6.18 Å². The van der Waals surface area contributed by atoms with E-state index in [1.54, 1.807) is 17.2 Å². The molecule has 1 saturated heterocycles. The van der Waals surface area contributed by atoms with Crippen LogP contribution in [-0.2, 0) is 6.18 Å². The number of halogens is 4. The fraction of sp³-hybridized carbons (Fsp3) is 0.273. The van der Waals surface area contributed by atoms with Gasteiger partial charge in [-0.05, 0) is 55.7 Å². The summed E-state index contributed by atoms with van der Waals surface area (Å²) >= 11 is 0. The van der Waals surface area contributed by atoms with Crippen molar-refractivity contribution in [3.8, 4) is 11.3 Å². The predicted molar refractivity (Wildman–Crippen MR) is 110 cm³/mol. The van der Waals surface area contributed by atoms with Crippen LogP contribution >= 0.6 is 0 Å². The molecule has 5 rings (SSSR count). The molecule has 11 heteroatoms. The van der Waals surface area contributed by atoms with Gasteiger partial charge in [0.2, 0.25) is 0 Å². The number of amides is 1. The molecule has 170 valence electrons. The minimum atomic E-state index is -4.73. The van der Waals surface area contributed by atoms with Crippen molar-refractivity contribution in [3.63, 3.8) is 0 Å². The molecule has 0 saturated carbocycles. The number of carbonyl (C=O) groups is 1. The quantitative estimate of drug-likeness (QED) is 0.454. The first kappa shape index (κ1) is 21.1. The van der Waals surface area contributed by atoms with Crippen molar-refractivity contribution < 1.29 is 22.4 Å². The Bertz CT molecular complexity index is 1300. The van der Waals surface area contributed by atoms with Gasteiger partial charge in [-0.3, -0.25) is 9.89 Å². The van der Waals surface area contributed by atoms with Crippen LogP contribution in [0.2, 0.25) is 0 Å². The Morgan fingerprint density at radius 2 is 1.91 bits per heavy atom. The van der Waals surface area contributed by atoms with E-state index < -0.39 is 29.1 Å². The molecule has 0 aliphatic carbocycles. The van der Waals surface area contributed by atoms with Crippen LogP contribution in [0.5, 0.6) is 0 Å². The second-order valence-electron chi connectivity index (χ2n) is 7.86. The van der Waals surface area contributed by atoms with Crippen LogP contribution in [-0.4, -0.2) is 42.1 Å². The number of aromatic nitrogens is 5. The minimum absolute atomic E-state index is 0.0143. The molecule has 1 atom stereocenters. The molecule has 7 nitrogen and oxygen atoms in total. The first-order valence-electron chi connectivity index (χ1n) is 10.3. The lowest BCUT2D eigenvalue weighted by Crippen LogP contribution is -2.38. The maximum absolute atomic E-state index is 13.8. The number of H-pyrrole nitrogens is 1. The molecule has 0 spiro atoms. The summed E-state index contributed by atoms with van der Waals surface area (Å²) in [6.45, 7) is 0.455. The van der Waals surface area contributed by atoms with Crippen LogP contribution in [0.3, 0.4) is 0 Å². The summed E-state index contributed by atoms with van der Waals surface area (Å²) < 4.78 is 55.8. The van der Waals surface area contributed by atoms with Gasteiger partial charge in [-0.2, -0.15) is 23.4 Å². The zero-order valence-corrected chi connectivity index (χ0v) is 17.2. The number of nitrogens with zero attached hydrogens (tertiary/aromatic N) is 5. The fourth-order valence-electron chi connectivity index (χ4n) is 4.15. The first-order chi connectivity index (χ1) is 15.8. The number of fused-ring (bicyclic) bond motifs is 1. The third-order valence-corrected chi connectivity index (χ3v) is 5.73. The summed E-state index contributed by atoms with van der Waals surface area (Å²) in [6.07, 6.45) is 0.479. The van der Waals surface area contributed by atoms with Crippen molar-refractivity contribution in [1.29, 1.82) is 0 Å². The van der Waals surface area contributed by atoms with Gasteiger partial charge < -0.3 is 4.90 Å². The standard InChI is InChI=1S/C22H18F4N6O/c23-14-6-4-13(5-7-14)17-11-15(22(24,25)26)20-28-18(12-32(20)30-17)21(33)31-10-2-1-3-19(31)16-8-9-27-29-16/h4-9,11-12,19H,1-3,10H2,(H,27,29). The van der Waals surface area contributed by atoms with Gasteiger partial charge in [-0.15, -0.1) is 0 Å². The molecule has 33 heavy (non-hydrogen) atoms. The lowest BCUT2D eigenvalue weighted by atomic mass is 9.99. The van der Waals surface area contributed by atoms with Gasteiger partial charge in [-0.25, -0.2) is 13.9 Å². The van der Waals surface area contributed by atoms with Gasteiger partial charge in [0.25, 0.3) is 5.91 Å². The van der Waals surface area contributed by atoms with Gasteiger partial charge in [0.15, 0.2) is 5.65 Å². The number of hydrogen-bond donors (Lipinski definition) is 1. The minimum Gasteiger partial charge on any atom is -0.329 e. The highest BCUT2D eigenvalue weighted by atomic mass is 19.4. The molecule has 1 amide bonds. The summed E-state index contributed by atoms with van der Waals surface area (Å²) in [4.78, 5) is 18.9. The smallest absolute Gasteiger partial charge is 0.329 e. The fourth-order valence-corrected chi connectivity index (χ4v) is 4.15. The number of benzene rings is 1. The topological polar surface area (TPSA) is 79.2 Å². The zero-order valence-electron chi connectivity index (χ0n) is 17.2. The molecule has 3 aromatic heterocycles. The molecular formula is C22H18F4N6O. The van der Waals surface area contributed by atoms with Gasteiger partial charge in [0.1, 0.15) is 17.1 Å². The Kier molecular flexibility index (Phi) is 5.10. The maximum Gasteiger partial charge on any atom is 0.420 e. The van der Waals surface area contributed by atoms with E-state index >= 15 is 0 Å². The van der Waals surface area contributed by atoms with E-state index in [0.29, 0.717) is 18.5 Å². The lowest BCUT2D eigenvalue weighted by molar-refractivity contribution is -0.136. The Morgan fingerprint density at radius 1 is 1.12 bits per heavy atom. The van der Waals surface area contributed by atoms with E-state index in [9.17, 15) is 22.4 Å². The normalized spacial score (nSPS) is 17.0. The van der Waals surface area contributed by atoms with E-state index in [-0.39, 0.29) is 17.4 Å². The molecule has 0 bridgehead atoms. The second kappa shape index (κ2) is 7.98. The zero-order chi connectivity index (χ0) is 23.2. The van der Waals surface area contributed by atoms with Crippen molar-refractivity contribution in [3.05, 3.63) is 71.6 Å². The van der Waals surface area contributed by atoms with E-state index in [1.165, 1.54) is 18.3 Å². The van der Waals surface area contributed by atoms with Crippen LogP contribution in [0, 0.1) is 5.82 Å². The summed E-state index contributed by atoms with van der Waals surface area (Å²) in [5.41, 5.74) is -0.568. The van der Waals surface area contributed by atoms with E-state index in [4.69, 9.17) is 0 Å². The average molecular weight is 458 g/mol. The third-order valence-electron chi connectivity index (χ3n) is 5.73. The molecule has 4 aromatic rings. The van der Waals surface area contributed by atoms with Crippen molar-refractivity contribution in [2.75, 3.05) is 6.54 Å². The Morgan fingerprint density at radius 3 is 2.61 bits per heavy atom. The predicted octanol–water partition coefficient (Wildman–Crippen LogP) is 4.64. The monoisotopic (exact) mass is 458 g/mol. The van der Waals surface area contributed by atoms with Crippen molar-refractivity contribution in [1.82, 2.24) is 29.7 Å². The van der Waals surface area contributed by atoms with Crippen LogP contribution < -0.4 is 0 Å². The van der Waals surface area contributed by atoms with Crippen molar-refractivity contribution in [2.24, 2.45) is 0 Å². The Labute approximate surface area is 185 Å². The average Bonchev–Trinajstić information content (AvgIpc) is 3.48. The van der Waals surface area contributed by atoms with Crippen molar-refractivity contribution >= 4 is 11.6 Å². The number of aromatic amines is 1. The van der Waals surface area contributed by atoms with Crippen LogP contribution in [0.1, 0.15) is 47.1 Å². The number of piperidine rings is 1. The molecule has 1 fully saturated rings. The number of likely N-dealkylation sites (tertiary alicyclic amines) is 1. The molecule has 4 heterocycles. The Balaban J connectivity index is 1.58. The highest BCUT2D eigenvalue weighted by Gasteiger charge is 2.37. The van der Waals surface area contributed by atoms with Crippen molar-refractivity contribution in [2.45, 2.75) is 31.5 Å². The summed E-state index contributed by atoms with van der Waals surface area (Å²) in [7, 11) is 0. The van der Waals surface area contributed by atoms with Crippen LogP contribution in [0.25, 0.3) is 16.9 Å². The van der Waals surface area contributed by atoms with Crippen LogP contribution in [0.15, 0.2) is 48.8 Å². The molecule has 1 N–H and O–H groups in total. The largest absolute Gasteiger partial charge is 0.420 e. The number of rotatable bonds is 3. The Hall–Kier alpha value is -3.76. The maximum atomic E-state index is 13.8. The SMILES string of the molecule is O=C(c1cn2nc(-c3ccc(F)cc3)cc(C(F)(F)F)c2n1)N1CCCCC1c1ccn[nH]1. The number of hydrogen-bond acceptors (Lipinski definition) is 4. The van der Waals surface area contributed by atoms with Gasteiger partial charge in [0, 0.05) is 18.3 Å². The summed E-state index contributed by atoms with van der Waals surface area (Å²) in [6, 6.07) is 7.34. The van der Waals surface area contributed by atoms with E-state index in [1.807, 2.05) is 0 Å². The summed E-state index contributed by atoms with van der Waals surface area (Å²) in [5.74, 6) is -0.990. The summed E-state index contributed by atoms with van der Waals surface area (Å²) in [5, 5.41) is 11.0. The number of nitrogens with one attached hydrogen (secondary N) is 1. The molecule has 1 aliphatic rings. The number of imidazole rings is 1. The highest BCUT2D eigenvalue weighted by molar-refractivity contribution is 5.93. The molecular weight excluding hydrogens is 440 g/mol. The third kappa shape index (κ3) is 3.94. The molecule has 1 aromatic carbocycles. The molecule has 0 radical (unpaired) electrons. The number of carbonyl (C=O) groups excluding carboxylic acids is 1. The second-order valence-corrected chi connectivity index (χ2v) is 7.86. The van der Waals surface area contributed by atoms with Gasteiger partial charge in [-0.1, -0.05) is 0 Å². The van der Waals surface area contributed by atoms with E-state index in [2.05, 4.69) is 20.3 Å². The molecule has 1 aliphatic heterocycles. The number of alkyl halides is 3. The molecule has 1 unspecified atom stereocenters. The van der Waals surface area contributed by atoms with E-state index in [0.717, 1.165) is 41.3 Å². The lowest BCUT2D eigenvalue weighted by Gasteiger charge is -2.34. The highest BCUT2D eigenvalue weighted by Crippen LogP contribution is 2.35. The van der Waals surface area contributed by atoms with Crippen LogP contribution in [0.4, 0.5) is 17.6 Å².